The van der Waals surface area contributed by atoms with Crippen molar-refractivity contribution in [3.05, 3.63) is 48.7 Å². The number of morpholine rings is 1. The van der Waals surface area contributed by atoms with Crippen molar-refractivity contribution in [1.29, 1.82) is 0 Å². The number of benzene rings is 1. The summed E-state index contributed by atoms with van der Waals surface area (Å²) in [5.74, 6) is 1.72. The van der Waals surface area contributed by atoms with Gasteiger partial charge in [-0.1, -0.05) is 18.2 Å². The van der Waals surface area contributed by atoms with E-state index in [4.69, 9.17) is 9.15 Å². The van der Waals surface area contributed by atoms with Crippen LogP contribution in [0.15, 0.2) is 53.1 Å². The molecule has 3 heterocycles. The first kappa shape index (κ1) is 16.7. The quantitative estimate of drug-likeness (QED) is 0.731. The van der Waals surface area contributed by atoms with E-state index in [0.29, 0.717) is 11.8 Å². The molecule has 7 nitrogen and oxygen atoms in total. The molecule has 0 aliphatic carbocycles. The maximum atomic E-state index is 5.86. The van der Waals surface area contributed by atoms with Crippen molar-refractivity contribution in [3.63, 3.8) is 0 Å². The lowest BCUT2D eigenvalue weighted by molar-refractivity contribution is 0.0398. The number of hydrogen-bond donors (Lipinski definition) is 1. The summed E-state index contributed by atoms with van der Waals surface area (Å²) in [6.45, 7) is 5.29. The van der Waals surface area contributed by atoms with Crippen LogP contribution < -0.4 is 5.32 Å². The molecule has 1 aliphatic rings. The van der Waals surface area contributed by atoms with E-state index in [-0.39, 0.29) is 0 Å². The molecule has 0 radical (unpaired) electrons. The zero-order valence-corrected chi connectivity index (χ0v) is 14.5. The van der Waals surface area contributed by atoms with Crippen LogP contribution in [-0.4, -0.2) is 59.5 Å². The molecule has 4 rings (SSSR count). The smallest absolute Gasteiger partial charge is 0.251 e. The first-order chi connectivity index (χ1) is 12.9. The lowest BCUT2D eigenvalue weighted by Crippen LogP contribution is -2.39. The Kier molecular flexibility index (Phi) is 5.18. The van der Waals surface area contributed by atoms with Crippen LogP contribution in [0.3, 0.4) is 0 Å². The average Bonchev–Trinajstić information content (AvgIpc) is 3.20. The number of hydrogen-bond acceptors (Lipinski definition) is 7. The Morgan fingerprint density at radius 2 is 1.77 bits per heavy atom. The van der Waals surface area contributed by atoms with Crippen LogP contribution in [0.4, 0.5) is 5.82 Å². The highest BCUT2D eigenvalue weighted by Gasteiger charge is 2.15. The summed E-state index contributed by atoms with van der Waals surface area (Å²) in [6, 6.07) is 13.5. The van der Waals surface area contributed by atoms with Gasteiger partial charge in [0.25, 0.3) is 5.89 Å². The number of pyridine rings is 1. The molecule has 0 spiro atoms. The summed E-state index contributed by atoms with van der Waals surface area (Å²) < 4.78 is 11.2. The van der Waals surface area contributed by atoms with Gasteiger partial charge < -0.3 is 14.5 Å². The van der Waals surface area contributed by atoms with Crippen LogP contribution in [0.2, 0.25) is 0 Å². The van der Waals surface area contributed by atoms with E-state index >= 15 is 0 Å². The van der Waals surface area contributed by atoms with Gasteiger partial charge in [-0.3, -0.25) is 4.90 Å². The zero-order valence-electron chi connectivity index (χ0n) is 14.5. The Morgan fingerprint density at radius 3 is 2.62 bits per heavy atom. The molecule has 0 unspecified atom stereocenters. The predicted molar refractivity (Wildman–Crippen MR) is 98.7 cm³/mol. The minimum atomic E-state index is 0.464. The number of aromatic nitrogens is 3. The molecule has 7 heteroatoms. The van der Waals surface area contributed by atoms with Crippen molar-refractivity contribution in [2.75, 3.05) is 44.7 Å². The summed E-state index contributed by atoms with van der Waals surface area (Å²) in [6.07, 6.45) is 1.76. The lowest BCUT2D eigenvalue weighted by atomic mass is 10.2. The SMILES string of the molecule is c1ccc(-c2nnc(-c3cccnc3NCCN3CCOCC3)o2)cc1. The summed E-state index contributed by atoms with van der Waals surface area (Å²) in [4.78, 5) is 6.81. The normalized spacial score (nSPS) is 15.1. The molecular formula is C19H21N5O2. The number of nitrogens with zero attached hydrogens (tertiary/aromatic N) is 4. The van der Waals surface area contributed by atoms with Crippen LogP contribution in [0, 0.1) is 0 Å². The van der Waals surface area contributed by atoms with Crippen molar-refractivity contribution in [2.24, 2.45) is 0 Å². The molecule has 1 aliphatic heterocycles. The largest absolute Gasteiger partial charge is 0.416 e. The van der Waals surface area contributed by atoms with Gasteiger partial charge in [-0.15, -0.1) is 10.2 Å². The Bertz CT molecular complexity index is 831. The third-order valence-corrected chi connectivity index (χ3v) is 4.31. The molecule has 1 N–H and O–H groups in total. The Labute approximate surface area is 152 Å². The van der Waals surface area contributed by atoms with Crippen LogP contribution in [-0.2, 0) is 4.74 Å². The summed E-state index contributed by atoms with van der Waals surface area (Å²) in [7, 11) is 0. The molecule has 3 aromatic rings. The highest BCUT2D eigenvalue weighted by Crippen LogP contribution is 2.27. The minimum Gasteiger partial charge on any atom is -0.416 e. The number of rotatable bonds is 6. The molecule has 0 atom stereocenters. The van der Waals surface area contributed by atoms with Gasteiger partial charge in [-0.2, -0.15) is 0 Å². The molecule has 0 amide bonds. The van der Waals surface area contributed by atoms with Gasteiger partial charge in [0.2, 0.25) is 5.89 Å². The molecule has 134 valence electrons. The summed E-state index contributed by atoms with van der Waals surface area (Å²) in [5.41, 5.74) is 1.71. The highest BCUT2D eigenvalue weighted by atomic mass is 16.5. The fourth-order valence-electron chi connectivity index (χ4n) is 2.91. The lowest BCUT2D eigenvalue weighted by Gasteiger charge is -2.26. The summed E-state index contributed by atoms with van der Waals surface area (Å²) >= 11 is 0. The molecule has 0 bridgehead atoms. The molecule has 1 saturated heterocycles. The second-order valence-electron chi connectivity index (χ2n) is 6.06. The Hall–Kier alpha value is -2.77. The summed E-state index contributed by atoms with van der Waals surface area (Å²) in [5, 5.41) is 11.7. The van der Waals surface area contributed by atoms with E-state index in [1.165, 1.54) is 0 Å². The van der Waals surface area contributed by atoms with Gasteiger partial charge in [0.1, 0.15) is 5.82 Å². The van der Waals surface area contributed by atoms with Gasteiger partial charge in [0.15, 0.2) is 0 Å². The second kappa shape index (κ2) is 8.07. The van der Waals surface area contributed by atoms with Gasteiger partial charge in [-0.05, 0) is 24.3 Å². The van der Waals surface area contributed by atoms with Crippen LogP contribution in [0.1, 0.15) is 0 Å². The second-order valence-corrected chi connectivity index (χ2v) is 6.06. The van der Waals surface area contributed by atoms with Crippen LogP contribution >= 0.6 is 0 Å². The maximum Gasteiger partial charge on any atom is 0.251 e. The fourth-order valence-corrected chi connectivity index (χ4v) is 2.91. The monoisotopic (exact) mass is 351 g/mol. The molecule has 26 heavy (non-hydrogen) atoms. The standard InChI is InChI=1S/C19H21N5O2/c1-2-5-15(6-3-1)18-22-23-19(26-18)16-7-4-8-20-17(16)21-9-10-24-11-13-25-14-12-24/h1-8H,9-14H2,(H,20,21). The highest BCUT2D eigenvalue weighted by molar-refractivity contribution is 5.69. The molecule has 1 aromatic carbocycles. The molecule has 1 fully saturated rings. The van der Waals surface area contributed by atoms with Crippen LogP contribution in [0.5, 0.6) is 0 Å². The van der Waals surface area contributed by atoms with E-state index < -0.39 is 0 Å². The van der Waals surface area contributed by atoms with Crippen LogP contribution in [0.25, 0.3) is 22.9 Å². The first-order valence-electron chi connectivity index (χ1n) is 8.78. The van der Waals surface area contributed by atoms with Gasteiger partial charge >= 0.3 is 0 Å². The van der Waals surface area contributed by atoms with E-state index in [1.807, 2.05) is 42.5 Å². The van der Waals surface area contributed by atoms with Crippen molar-refractivity contribution >= 4 is 5.82 Å². The van der Waals surface area contributed by atoms with Gasteiger partial charge in [0.05, 0.1) is 18.8 Å². The van der Waals surface area contributed by atoms with E-state index in [1.54, 1.807) is 6.20 Å². The molecular weight excluding hydrogens is 330 g/mol. The molecule has 2 aromatic heterocycles. The van der Waals surface area contributed by atoms with E-state index in [2.05, 4.69) is 25.4 Å². The molecule has 0 saturated carbocycles. The fraction of sp³-hybridized carbons (Fsp3) is 0.316. The number of anilines is 1. The predicted octanol–water partition coefficient (Wildman–Crippen LogP) is 2.54. The maximum absolute atomic E-state index is 5.86. The minimum absolute atomic E-state index is 0.464. The van der Waals surface area contributed by atoms with Gasteiger partial charge in [0, 0.05) is 37.9 Å². The first-order valence-corrected chi connectivity index (χ1v) is 8.78. The van der Waals surface area contributed by atoms with Crippen molar-refractivity contribution in [3.8, 4) is 22.9 Å². The third-order valence-electron chi connectivity index (χ3n) is 4.31. The zero-order chi connectivity index (χ0) is 17.6. The van der Waals surface area contributed by atoms with Gasteiger partial charge in [-0.25, -0.2) is 4.98 Å². The number of ether oxygens (including phenoxy) is 1. The third kappa shape index (κ3) is 3.89. The Balaban J connectivity index is 1.46. The van der Waals surface area contributed by atoms with Crippen molar-refractivity contribution in [2.45, 2.75) is 0 Å². The van der Waals surface area contributed by atoms with Crippen molar-refractivity contribution < 1.29 is 9.15 Å². The Morgan fingerprint density at radius 1 is 0.962 bits per heavy atom. The van der Waals surface area contributed by atoms with E-state index in [0.717, 1.165) is 56.3 Å². The van der Waals surface area contributed by atoms with Crippen molar-refractivity contribution in [1.82, 2.24) is 20.1 Å². The van der Waals surface area contributed by atoms with E-state index in [9.17, 15) is 0 Å². The average molecular weight is 351 g/mol. The topological polar surface area (TPSA) is 76.3 Å². The number of nitrogens with one attached hydrogen (secondary N) is 1.